The monoisotopic (exact) mass is 334 g/mol. The van der Waals surface area contributed by atoms with E-state index < -0.39 is 0 Å². The average Bonchev–Trinajstić information content (AvgIpc) is 2.83. The number of carbonyl (C=O) groups is 1. The fraction of sp³-hybridized carbons (Fsp3) is 0.438. The molecular weight excluding hydrogens is 312 g/mol. The molecule has 1 amide bonds. The van der Waals surface area contributed by atoms with E-state index in [-0.39, 0.29) is 5.91 Å². The summed E-state index contributed by atoms with van der Waals surface area (Å²) in [7, 11) is 1.85. The number of H-pyrrole nitrogens is 1. The summed E-state index contributed by atoms with van der Waals surface area (Å²) in [4.78, 5) is 11.8. The largest absolute Gasteiger partial charge is 0.493 e. The Morgan fingerprint density at radius 3 is 2.91 bits per heavy atom. The molecule has 0 radical (unpaired) electrons. The first-order valence-corrected chi connectivity index (χ1v) is 7.96. The van der Waals surface area contributed by atoms with Crippen molar-refractivity contribution in [3.8, 4) is 5.75 Å². The molecule has 0 saturated carbocycles. The summed E-state index contributed by atoms with van der Waals surface area (Å²) in [6.45, 7) is 4.94. The fourth-order valence-corrected chi connectivity index (χ4v) is 2.29. The van der Waals surface area contributed by atoms with E-state index in [2.05, 4.69) is 15.5 Å². The van der Waals surface area contributed by atoms with Gasteiger partial charge in [0.2, 0.25) is 5.91 Å². The van der Waals surface area contributed by atoms with Gasteiger partial charge in [0, 0.05) is 20.0 Å². The number of nitrogens with zero attached hydrogens (tertiary/aromatic N) is 2. The molecule has 1 aromatic heterocycles. The van der Waals surface area contributed by atoms with Gasteiger partial charge in [0.05, 0.1) is 13.0 Å². The molecule has 124 valence electrons. The van der Waals surface area contributed by atoms with Crippen molar-refractivity contribution in [2.24, 2.45) is 7.05 Å². The number of carbonyl (C=O) groups excluding carboxylic acids is 1. The van der Waals surface area contributed by atoms with Crippen molar-refractivity contribution in [3.05, 3.63) is 39.9 Å². The quantitative estimate of drug-likeness (QED) is 0.762. The molecular formula is C16H22N4O2S. The van der Waals surface area contributed by atoms with Crippen LogP contribution in [-0.2, 0) is 18.3 Å². The standard InChI is InChI=1S/C16H22N4O2S/c1-11-5-4-6-13(12(11)2)22-10-8-15(21)17-9-7-14-18-19-16(23)20(14)3/h4-6H,7-10H2,1-3H3,(H,17,21)(H,19,23). The van der Waals surface area contributed by atoms with Gasteiger partial charge in [-0.05, 0) is 43.3 Å². The lowest BCUT2D eigenvalue weighted by Crippen LogP contribution is -2.27. The van der Waals surface area contributed by atoms with Crippen LogP contribution in [0.25, 0.3) is 0 Å². The molecule has 0 unspecified atom stereocenters. The van der Waals surface area contributed by atoms with E-state index in [0.29, 0.717) is 30.8 Å². The zero-order chi connectivity index (χ0) is 16.8. The van der Waals surface area contributed by atoms with E-state index in [1.165, 1.54) is 5.56 Å². The van der Waals surface area contributed by atoms with Crippen molar-refractivity contribution >= 4 is 18.1 Å². The van der Waals surface area contributed by atoms with Gasteiger partial charge in [-0.1, -0.05) is 12.1 Å². The Morgan fingerprint density at radius 2 is 2.22 bits per heavy atom. The fourth-order valence-electron chi connectivity index (χ4n) is 2.14. The molecule has 2 rings (SSSR count). The number of ether oxygens (including phenoxy) is 1. The van der Waals surface area contributed by atoms with E-state index in [4.69, 9.17) is 17.0 Å². The highest BCUT2D eigenvalue weighted by molar-refractivity contribution is 7.71. The first-order chi connectivity index (χ1) is 11.0. The molecule has 1 aromatic carbocycles. The molecule has 2 N–H and O–H groups in total. The van der Waals surface area contributed by atoms with Crippen molar-refractivity contribution in [2.45, 2.75) is 26.7 Å². The van der Waals surface area contributed by atoms with Crippen molar-refractivity contribution in [3.63, 3.8) is 0 Å². The third-order valence-electron chi connectivity index (χ3n) is 3.78. The summed E-state index contributed by atoms with van der Waals surface area (Å²) in [6.07, 6.45) is 0.958. The summed E-state index contributed by atoms with van der Waals surface area (Å²) in [5, 5.41) is 9.68. The Hall–Kier alpha value is -2.15. The minimum absolute atomic E-state index is 0.0351. The summed E-state index contributed by atoms with van der Waals surface area (Å²) in [6, 6.07) is 5.91. The number of nitrogens with one attached hydrogen (secondary N) is 2. The minimum Gasteiger partial charge on any atom is -0.493 e. The average molecular weight is 334 g/mol. The number of aromatic nitrogens is 3. The summed E-state index contributed by atoms with van der Waals surface area (Å²) >= 11 is 5.04. The normalized spacial score (nSPS) is 10.6. The number of rotatable bonds is 7. The second-order valence-electron chi connectivity index (χ2n) is 5.40. The zero-order valence-electron chi connectivity index (χ0n) is 13.7. The Morgan fingerprint density at radius 1 is 1.43 bits per heavy atom. The number of aromatic amines is 1. The van der Waals surface area contributed by atoms with E-state index in [9.17, 15) is 4.79 Å². The van der Waals surface area contributed by atoms with E-state index in [0.717, 1.165) is 17.1 Å². The molecule has 0 bridgehead atoms. The Kier molecular flexibility index (Phi) is 5.92. The highest BCUT2D eigenvalue weighted by atomic mass is 32.1. The topological polar surface area (TPSA) is 71.9 Å². The van der Waals surface area contributed by atoms with Crippen LogP contribution in [-0.4, -0.2) is 33.8 Å². The van der Waals surface area contributed by atoms with E-state index >= 15 is 0 Å². The van der Waals surface area contributed by atoms with Crippen molar-refractivity contribution < 1.29 is 9.53 Å². The lowest BCUT2D eigenvalue weighted by atomic mass is 10.1. The number of aryl methyl sites for hydroxylation is 1. The van der Waals surface area contributed by atoms with Crippen LogP contribution in [0.4, 0.5) is 0 Å². The predicted octanol–water partition coefficient (Wildman–Crippen LogP) is 2.22. The Bertz CT molecular complexity index is 736. The second-order valence-corrected chi connectivity index (χ2v) is 5.79. The molecule has 0 aliphatic rings. The number of hydrogen-bond acceptors (Lipinski definition) is 4. The van der Waals surface area contributed by atoms with Gasteiger partial charge in [-0.3, -0.25) is 9.89 Å². The van der Waals surface area contributed by atoms with E-state index in [1.54, 1.807) is 4.57 Å². The third-order valence-corrected chi connectivity index (χ3v) is 4.15. The van der Waals surface area contributed by atoms with Gasteiger partial charge in [0.15, 0.2) is 4.77 Å². The maximum atomic E-state index is 11.8. The lowest BCUT2D eigenvalue weighted by molar-refractivity contribution is -0.121. The highest BCUT2D eigenvalue weighted by Crippen LogP contribution is 2.20. The molecule has 0 aliphatic heterocycles. The van der Waals surface area contributed by atoms with Crippen LogP contribution >= 0.6 is 12.2 Å². The summed E-state index contributed by atoms with van der Waals surface area (Å²) < 4.78 is 8.05. The molecule has 7 heteroatoms. The van der Waals surface area contributed by atoms with Gasteiger partial charge in [-0.15, -0.1) is 0 Å². The second kappa shape index (κ2) is 7.92. The van der Waals surface area contributed by atoms with Crippen LogP contribution in [0.3, 0.4) is 0 Å². The molecule has 6 nitrogen and oxygen atoms in total. The first-order valence-electron chi connectivity index (χ1n) is 7.55. The maximum absolute atomic E-state index is 11.8. The van der Waals surface area contributed by atoms with Gasteiger partial charge in [0.25, 0.3) is 0 Å². The molecule has 23 heavy (non-hydrogen) atoms. The Labute approximate surface area is 140 Å². The van der Waals surface area contributed by atoms with Crippen LogP contribution in [0.1, 0.15) is 23.4 Å². The van der Waals surface area contributed by atoms with Crippen molar-refractivity contribution in [1.29, 1.82) is 0 Å². The van der Waals surface area contributed by atoms with Crippen LogP contribution < -0.4 is 10.1 Å². The van der Waals surface area contributed by atoms with Crippen LogP contribution in [0.5, 0.6) is 5.75 Å². The highest BCUT2D eigenvalue weighted by Gasteiger charge is 2.06. The minimum atomic E-state index is -0.0351. The van der Waals surface area contributed by atoms with Gasteiger partial charge < -0.3 is 14.6 Å². The van der Waals surface area contributed by atoms with Gasteiger partial charge in [-0.2, -0.15) is 5.10 Å². The van der Waals surface area contributed by atoms with Crippen LogP contribution in [0.2, 0.25) is 0 Å². The SMILES string of the molecule is Cc1cccc(OCCC(=O)NCCc2n[nH]c(=S)n2C)c1C. The Balaban J connectivity index is 1.70. The molecule has 0 spiro atoms. The zero-order valence-corrected chi connectivity index (χ0v) is 14.5. The molecule has 0 aliphatic carbocycles. The van der Waals surface area contributed by atoms with Crippen molar-refractivity contribution in [2.75, 3.05) is 13.2 Å². The van der Waals surface area contributed by atoms with Gasteiger partial charge in [-0.25, -0.2) is 0 Å². The van der Waals surface area contributed by atoms with E-state index in [1.807, 2.05) is 39.1 Å². The van der Waals surface area contributed by atoms with Crippen molar-refractivity contribution in [1.82, 2.24) is 20.1 Å². The van der Waals surface area contributed by atoms with Gasteiger partial charge in [0.1, 0.15) is 11.6 Å². The number of amides is 1. The smallest absolute Gasteiger partial charge is 0.223 e. The maximum Gasteiger partial charge on any atom is 0.223 e. The summed E-state index contributed by atoms with van der Waals surface area (Å²) in [5.41, 5.74) is 2.29. The van der Waals surface area contributed by atoms with Gasteiger partial charge >= 0.3 is 0 Å². The molecule has 0 atom stereocenters. The predicted molar refractivity (Wildman–Crippen MR) is 91.1 cm³/mol. The first kappa shape index (κ1) is 17.2. The molecule has 2 aromatic rings. The molecule has 1 heterocycles. The number of hydrogen-bond donors (Lipinski definition) is 2. The molecule has 0 saturated heterocycles. The van der Waals surface area contributed by atoms with Crippen LogP contribution in [0, 0.1) is 18.6 Å². The summed E-state index contributed by atoms with van der Waals surface area (Å²) in [5.74, 6) is 1.62. The third kappa shape index (κ3) is 4.66. The number of benzene rings is 1. The molecule has 0 fully saturated rings. The van der Waals surface area contributed by atoms with Crippen LogP contribution in [0.15, 0.2) is 18.2 Å². The lowest BCUT2D eigenvalue weighted by Gasteiger charge is -2.11.